The Balaban J connectivity index is 0.828. The molecule has 14 heteroatoms. The average molecular weight is 1010 g/mol. The van der Waals surface area contributed by atoms with Gasteiger partial charge in [-0.15, -0.1) is 0 Å². The number of hydrogen-bond donors (Lipinski definition) is 6. The van der Waals surface area contributed by atoms with Gasteiger partial charge < -0.3 is 41.7 Å². The number of carbonyl (C=O) groups excluding carboxylic acids is 6. The van der Waals surface area contributed by atoms with Gasteiger partial charge in [-0.1, -0.05) is 99.2 Å². The highest BCUT2D eigenvalue weighted by molar-refractivity contribution is 5.95. The van der Waals surface area contributed by atoms with Gasteiger partial charge in [0.2, 0.25) is 35.4 Å². The molecular formula is C60H82N8O6. The summed E-state index contributed by atoms with van der Waals surface area (Å²) in [4.78, 5) is 86.5. The first-order valence-electron chi connectivity index (χ1n) is 28.5. The second kappa shape index (κ2) is 24.4. The van der Waals surface area contributed by atoms with E-state index in [0.717, 1.165) is 149 Å². The number of fused-ring (bicyclic) bond motifs is 2. The van der Waals surface area contributed by atoms with Crippen molar-refractivity contribution in [3.63, 3.8) is 0 Å². The van der Waals surface area contributed by atoms with Crippen LogP contribution >= 0.6 is 0 Å². The molecule has 6 aliphatic rings. The molecule has 0 bridgehead atoms. The summed E-state index contributed by atoms with van der Waals surface area (Å²) in [6, 6.07) is 18.4. The molecule has 2 heterocycles. The van der Waals surface area contributed by atoms with Gasteiger partial charge in [-0.2, -0.15) is 0 Å². The molecule has 74 heavy (non-hydrogen) atoms. The molecule has 0 aromatic heterocycles. The summed E-state index contributed by atoms with van der Waals surface area (Å²) in [5.74, 6) is -0.714. The first kappa shape index (κ1) is 53.2. The lowest BCUT2D eigenvalue weighted by molar-refractivity contribution is -0.143. The Bertz CT molecular complexity index is 2330. The van der Waals surface area contributed by atoms with Gasteiger partial charge in [0.05, 0.1) is 24.2 Å². The van der Waals surface area contributed by atoms with Crippen LogP contribution in [0.4, 0.5) is 0 Å². The predicted octanol–water partition coefficient (Wildman–Crippen LogP) is 7.34. The highest BCUT2D eigenvalue weighted by Crippen LogP contribution is 2.38. The van der Waals surface area contributed by atoms with Crippen LogP contribution in [0, 0.1) is 11.8 Å². The number of benzene rings is 3. The molecule has 2 saturated heterocycles. The molecule has 14 nitrogen and oxygen atoms in total. The lowest BCUT2D eigenvalue weighted by atomic mass is 9.83. The van der Waals surface area contributed by atoms with E-state index in [2.05, 4.69) is 92.6 Å². The molecule has 4 fully saturated rings. The van der Waals surface area contributed by atoms with Crippen LogP contribution in [0.1, 0.15) is 164 Å². The molecule has 2 aliphatic heterocycles. The number of hydrogen-bond acceptors (Lipinski definition) is 8. The molecule has 3 aromatic carbocycles. The molecule has 8 atom stereocenters. The van der Waals surface area contributed by atoms with Crippen LogP contribution in [-0.4, -0.2) is 109 Å². The zero-order valence-corrected chi connectivity index (χ0v) is 44.4. The van der Waals surface area contributed by atoms with Crippen LogP contribution in [-0.2, 0) is 41.6 Å². The molecule has 6 N–H and O–H groups in total. The molecule has 0 unspecified atom stereocenters. The summed E-state index contributed by atoms with van der Waals surface area (Å²) in [6.45, 7) is 4.62. The number of rotatable bonds is 16. The number of nitrogens with one attached hydrogen (secondary N) is 6. The van der Waals surface area contributed by atoms with Crippen molar-refractivity contribution in [2.45, 2.75) is 191 Å². The molecule has 3 aromatic rings. The normalized spacial score (nSPS) is 23.9. The van der Waals surface area contributed by atoms with E-state index in [4.69, 9.17) is 0 Å². The van der Waals surface area contributed by atoms with Gasteiger partial charge in [-0.05, 0) is 174 Å². The van der Waals surface area contributed by atoms with Crippen molar-refractivity contribution in [2.75, 3.05) is 27.2 Å². The number of likely N-dealkylation sites (N-methyl/N-ethyl adjacent to an activating group) is 2. The minimum absolute atomic E-state index is 0.0702. The zero-order valence-electron chi connectivity index (χ0n) is 44.4. The van der Waals surface area contributed by atoms with Crippen molar-refractivity contribution in [3.05, 3.63) is 82.9 Å². The molecular weight excluding hydrogens is 929 g/mol. The van der Waals surface area contributed by atoms with Crippen LogP contribution in [0.5, 0.6) is 0 Å². The quantitative estimate of drug-likeness (QED) is 0.0863. The van der Waals surface area contributed by atoms with E-state index in [-0.39, 0.29) is 59.4 Å². The van der Waals surface area contributed by atoms with Crippen LogP contribution in [0.3, 0.4) is 0 Å². The van der Waals surface area contributed by atoms with Crippen molar-refractivity contribution in [1.82, 2.24) is 41.7 Å². The number of amides is 6. The Morgan fingerprint density at radius 1 is 0.459 bits per heavy atom. The fourth-order valence-electron chi connectivity index (χ4n) is 13.2. The van der Waals surface area contributed by atoms with Gasteiger partial charge in [0.25, 0.3) is 0 Å². The van der Waals surface area contributed by atoms with E-state index < -0.39 is 36.3 Å². The Kier molecular flexibility index (Phi) is 17.5. The Hall–Kier alpha value is -5.60. The third-order valence-corrected chi connectivity index (χ3v) is 17.8. The Labute approximate surface area is 439 Å². The maximum atomic E-state index is 14.3. The summed E-state index contributed by atoms with van der Waals surface area (Å²) < 4.78 is 0. The lowest BCUT2D eigenvalue weighted by Gasteiger charge is -2.35. The second-order valence-electron chi connectivity index (χ2n) is 22.5. The third kappa shape index (κ3) is 11.9. The number of aryl methyl sites for hydroxylation is 2. The van der Waals surface area contributed by atoms with E-state index in [1.807, 2.05) is 0 Å². The zero-order chi connectivity index (χ0) is 51.9. The summed E-state index contributed by atoms with van der Waals surface area (Å²) in [7, 11) is 3.48. The van der Waals surface area contributed by atoms with Crippen LogP contribution in [0.15, 0.2) is 60.7 Å². The SMILES string of the molecule is CN[C@@H](C)C(=O)N[C@H](C(=O)N1CCC[C@H]1C(=O)N[C@@H]1CCCc2cc(-c3ccc(-c4ccc5c(c4)CCC[C@H]5NC(=O)[C@@H]4CCCN4C(=O)[C@@H](NC(=O)[C@H](C)NC)C4CCCCC4)cc3)ccc21)C1CCCCC1. The summed E-state index contributed by atoms with van der Waals surface area (Å²) in [6.07, 6.45) is 18.2. The van der Waals surface area contributed by atoms with Crippen LogP contribution in [0.25, 0.3) is 22.3 Å². The molecule has 0 spiro atoms. The monoisotopic (exact) mass is 1010 g/mol. The smallest absolute Gasteiger partial charge is 0.246 e. The highest BCUT2D eigenvalue weighted by Gasteiger charge is 2.44. The van der Waals surface area contributed by atoms with Crippen molar-refractivity contribution in [3.8, 4) is 22.3 Å². The van der Waals surface area contributed by atoms with Crippen molar-refractivity contribution < 1.29 is 28.8 Å². The molecule has 2 saturated carbocycles. The van der Waals surface area contributed by atoms with Crippen molar-refractivity contribution in [2.24, 2.45) is 11.8 Å². The third-order valence-electron chi connectivity index (χ3n) is 17.8. The molecule has 398 valence electrons. The molecule has 9 rings (SSSR count). The van der Waals surface area contributed by atoms with Crippen LogP contribution in [0.2, 0.25) is 0 Å². The van der Waals surface area contributed by atoms with E-state index >= 15 is 0 Å². The minimum Gasteiger partial charge on any atom is -0.347 e. The number of carbonyl (C=O) groups is 6. The van der Waals surface area contributed by atoms with E-state index in [1.54, 1.807) is 37.7 Å². The largest absolute Gasteiger partial charge is 0.347 e. The minimum atomic E-state index is -0.627. The average Bonchev–Trinajstić information content (AvgIpc) is 4.15. The lowest BCUT2D eigenvalue weighted by Crippen LogP contribution is -2.58. The van der Waals surface area contributed by atoms with Crippen molar-refractivity contribution >= 4 is 35.4 Å². The standard InChI is InChI=1S/C60H82N8O6/c1-37(61-3)55(69)65-53(41-15-7-5-8-16-41)59(73)67-33-13-23-51(67)57(71)63-49-21-11-19-45-35-43(29-31-47(45)49)39-25-27-40(28-26-39)44-30-32-48-46(36-44)20-12-22-50(48)64-58(72)52-24-14-34-68(52)60(74)54(42-17-9-6-10-18-42)66-56(70)38(2)62-4/h25-32,35-38,41-42,49-54,61-62H,5-24,33-34H2,1-4H3,(H,63,71)(H,64,72)(H,65,69)(H,66,70)/t37-,38-,49+,50+,51-,52-,53-,54-/m0/s1. The summed E-state index contributed by atoms with van der Waals surface area (Å²) in [5, 5.41) is 18.9. The summed E-state index contributed by atoms with van der Waals surface area (Å²) >= 11 is 0. The van der Waals surface area contributed by atoms with Gasteiger partial charge in [-0.3, -0.25) is 28.8 Å². The Morgan fingerprint density at radius 2 is 0.838 bits per heavy atom. The molecule has 0 radical (unpaired) electrons. The fourth-order valence-corrected chi connectivity index (χ4v) is 13.2. The van der Waals surface area contributed by atoms with Gasteiger partial charge in [0.1, 0.15) is 24.2 Å². The second-order valence-corrected chi connectivity index (χ2v) is 22.5. The Morgan fingerprint density at radius 3 is 1.22 bits per heavy atom. The van der Waals surface area contributed by atoms with Gasteiger partial charge >= 0.3 is 0 Å². The maximum Gasteiger partial charge on any atom is 0.246 e. The van der Waals surface area contributed by atoms with E-state index in [0.29, 0.717) is 25.9 Å². The van der Waals surface area contributed by atoms with Gasteiger partial charge in [-0.25, -0.2) is 0 Å². The van der Waals surface area contributed by atoms with E-state index in [9.17, 15) is 28.8 Å². The summed E-state index contributed by atoms with van der Waals surface area (Å²) in [5.41, 5.74) is 9.22. The highest BCUT2D eigenvalue weighted by atomic mass is 16.2. The maximum absolute atomic E-state index is 14.3. The molecule has 6 amide bonds. The first-order valence-corrected chi connectivity index (χ1v) is 28.5. The van der Waals surface area contributed by atoms with Crippen LogP contribution < -0.4 is 31.9 Å². The fraction of sp³-hybridized carbons (Fsp3) is 0.600. The number of nitrogens with zero attached hydrogens (tertiary/aromatic N) is 2. The number of likely N-dealkylation sites (tertiary alicyclic amines) is 2. The van der Waals surface area contributed by atoms with Crippen molar-refractivity contribution in [1.29, 1.82) is 0 Å². The van der Waals surface area contributed by atoms with E-state index in [1.165, 1.54) is 11.1 Å². The predicted molar refractivity (Wildman–Crippen MR) is 288 cm³/mol. The van der Waals surface area contributed by atoms with Gasteiger partial charge in [0, 0.05) is 13.1 Å². The first-order chi connectivity index (χ1) is 35.9. The molecule has 4 aliphatic carbocycles. The topological polar surface area (TPSA) is 181 Å². The van der Waals surface area contributed by atoms with Gasteiger partial charge in [0.15, 0.2) is 0 Å².